The molecule has 0 radical (unpaired) electrons. The molecule has 0 unspecified atom stereocenters. The molecule has 0 saturated carbocycles. The van der Waals surface area contributed by atoms with E-state index in [4.69, 9.17) is 9.72 Å². The number of carbonyl (C=O) groups excluding carboxylic acids is 2. The number of nitrogens with one attached hydrogen (secondary N) is 2. The summed E-state index contributed by atoms with van der Waals surface area (Å²) in [7, 11) is 0. The molecular formula is C22H30N4O3. The van der Waals surface area contributed by atoms with E-state index in [1.54, 1.807) is 0 Å². The molecule has 3 rings (SSSR count). The fourth-order valence-corrected chi connectivity index (χ4v) is 3.31. The van der Waals surface area contributed by atoms with E-state index in [9.17, 15) is 9.59 Å². The second-order valence-electron chi connectivity index (χ2n) is 7.55. The zero-order valence-electron chi connectivity index (χ0n) is 17.5. The van der Waals surface area contributed by atoms with Gasteiger partial charge in [0.05, 0.1) is 18.7 Å². The SMILES string of the molecule is CC[C@@H](C)NC(=O)CCC(=O)Nc1ccc2nc(N3CCOCC3)cc(C)c2c1. The molecule has 1 aliphatic heterocycles. The van der Waals surface area contributed by atoms with Crippen molar-refractivity contribution < 1.29 is 14.3 Å². The molecule has 0 spiro atoms. The first-order valence-corrected chi connectivity index (χ1v) is 10.3. The van der Waals surface area contributed by atoms with Gasteiger partial charge in [-0.05, 0) is 50.1 Å². The van der Waals surface area contributed by atoms with E-state index in [-0.39, 0.29) is 30.7 Å². The van der Waals surface area contributed by atoms with Gasteiger partial charge in [-0.3, -0.25) is 9.59 Å². The van der Waals surface area contributed by atoms with Crippen LogP contribution in [0.25, 0.3) is 10.9 Å². The number of hydrogen-bond donors (Lipinski definition) is 2. The Bertz CT molecular complexity index is 878. The van der Waals surface area contributed by atoms with Crippen LogP contribution in [0.3, 0.4) is 0 Å². The summed E-state index contributed by atoms with van der Waals surface area (Å²) in [5.74, 6) is 0.699. The molecule has 1 saturated heterocycles. The minimum absolute atomic E-state index is 0.0938. The molecule has 2 N–H and O–H groups in total. The summed E-state index contributed by atoms with van der Waals surface area (Å²) in [5, 5.41) is 6.77. The maximum absolute atomic E-state index is 12.2. The molecule has 0 aliphatic carbocycles. The molecule has 1 atom stereocenters. The largest absolute Gasteiger partial charge is 0.378 e. The third-order valence-corrected chi connectivity index (χ3v) is 5.22. The molecule has 2 amide bonds. The highest BCUT2D eigenvalue weighted by Gasteiger charge is 2.15. The first-order valence-electron chi connectivity index (χ1n) is 10.3. The normalized spacial score (nSPS) is 15.2. The van der Waals surface area contributed by atoms with Crippen molar-refractivity contribution in [3.05, 3.63) is 29.8 Å². The van der Waals surface area contributed by atoms with Crippen molar-refractivity contribution in [2.75, 3.05) is 36.5 Å². The van der Waals surface area contributed by atoms with Gasteiger partial charge in [0.2, 0.25) is 11.8 Å². The number of nitrogens with zero attached hydrogens (tertiary/aromatic N) is 2. The third kappa shape index (κ3) is 5.67. The van der Waals surface area contributed by atoms with E-state index in [0.717, 1.165) is 55.0 Å². The lowest BCUT2D eigenvalue weighted by Crippen LogP contribution is -2.36. The molecule has 1 aromatic heterocycles. The number of aryl methyl sites for hydroxylation is 1. The molecule has 7 nitrogen and oxygen atoms in total. The number of carbonyl (C=O) groups is 2. The number of aromatic nitrogens is 1. The van der Waals surface area contributed by atoms with Crippen LogP contribution < -0.4 is 15.5 Å². The Kier molecular flexibility index (Phi) is 7.04. The van der Waals surface area contributed by atoms with Crippen molar-refractivity contribution in [1.82, 2.24) is 10.3 Å². The number of pyridine rings is 1. The van der Waals surface area contributed by atoms with Gasteiger partial charge in [-0.15, -0.1) is 0 Å². The molecule has 156 valence electrons. The quantitative estimate of drug-likeness (QED) is 0.749. The molecule has 1 fully saturated rings. The molecule has 1 aliphatic rings. The predicted molar refractivity (Wildman–Crippen MR) is 115 cm³/mol. The van der Waals surface area contributed by atoms with Crippen LogP contribution in [0.15, 0.2) is 24.3 Å². The molecule has 1 aromatic carbocycles. The number of benzene rings is 1. The smallest absolute Gasteiger partial charge is 0.224 e. The summed E-state index contributed by atoms with van der Waals surface area (Å²) in [6.45, 7) is 9.15. The Morgan fingerprint density at radius 1 is 1.17 bits per heavy atom. The Morgan fingerprint density at radius 2 is 1.90 bits per heavy atom. The number of hydrogen-bond acceptors (Lipinski definition) is 5. The molecule has 2 aromatic rings. The monoisotopic (exact) mass is 398 g/mol. The Labute approximate surface area is 171 Å². The molecular weight excluding hydrogens is 368 g/mol. The van der Waals surface area contributed by atoms with Gasteiger partial charge in [-0.25, -0.2) is 4.98 Å². The summed E-state index contributed by atoms with van der Waals surface area (Å²) < 4.78 is 5.42. The number of amides is 2. The summed E-state index contributed by atoms with van der Waals surface area (Å²) >= 11 is 0. The van der Waals surface area contributed by atoms with Crippen LogP contribution in [0.2, 0.25) is 0 Å². The van der Waals surface area contributed by atoms with Crippen LogP contribution in [-0.4, -0.2) is 49.1 Å². The van der Waals surface area contributed by atoms with Crippen LogP contribution in [0.1, 0.15) is 38.7 Å². The summed E-state index contributed by atoms with van der Waals surface area (Å²) in [5.41, 5.74) is 2.73. The number of ether oxygens (including phenoxy) is 1. The molecule has 2 heterocycles. The van der Waals surface area contributed by atoms with E-state index >= 15 is 0 Å². The summed E-state index contributed by atoms with van der Waals surface area (Å²) in [6, 6.07) is 7.94. The standard InChI is InChI=1S/C22H30N4O3/c1-4-16(3)23-21(27)7-8-22(28)24-17-5-6-19-18(14-17)15(2)13-20(25-19)26-9-11-29-12-10-26/h5-6,13-14,16H,4,7-12H2,1-3H3,(H,23,27)(H,24,28)/t16-/m1/s1. The Balaban J connectivity index is 1.64. The van der Waals surface area contributed by atoms with Gasteiger partial charge in [0, 0.05) is 43.0 Å². The number of morpholine rings is 1. The summed E-state index contributed by atoms with van der Waals surface area (Å²) in [4.78, 5) is 31.1. The highest BCUT2D eigenvalue weighted by atomic mass is 16.5. The topological polar surface area (TPSA) is 83.6 Å². The maximum atomic E-state index is 12.2. The minimum atomic E-state index is -0.167. The zero-order chi connectivity index (χ0) is 20.8. The van der Waals surface area contributed by atoms with Gasteiger partial charge >= 0.3 is 0 Å². The van der Waals surface area contributed by atoms with Gasteiger partial charge in [-0.2, -0.15) is 0 Å². The van der Waals surface area contributed by atoms with Crippen molar-refractivity contribution in [2.45, 2.75) is 46.1 Å². The zero-order valence-corrected chi connectivity index (χ0v) is 17.5. The summed E-state index contributed by atoms with van der Waals surface area (Å²) in [6.07, 6.45) is 1.22. The van der Waals surface area contributed by atoms with Crippen LogP contribution in [0.4, 0.5) is 11.5 Å². The van der Waals surface area contributed by atoms with Gasteiger partial charge in [0.15, 0.2) is 0 Å². The molecule has 29 heavy (non-hydrogen) atoms. The lowest BCUT2D eigenvalue weighted by molar-refractivity contribution is -0.124. The highest BCUT2D eigenvalue weighted by molar-refractivity contribution is 5.96. The Morgan fingerprint density at radius 3 is 2.62 bits per heavy atom. The van der Waals surface area contributed by atoms with Gasteiger partial charge in [-0.1, -0.05) is 6.92 Å². The fraction of sp³-hybridized carbons (Fsp3) is 0.500. The second kappa shape index (κ2) is 9.69. The first-order chi connectivity index (χ1) is 14.0. The molecule has 7 heteroatoms. The van der Waals surface area contributed by atoms with Crippen LogP contribution >= 0.6 is 0 Å². The average Bonchev–Trinajstić information content (AvgIpc) is 2.73. The Hall–Kier alpha value is -2.67. The van der Waals surface area contributed by atoms with E-state index in [1.165, 1.54) is 0 Å². The van der Waals surface area contributed by atoms with E-state index in [2.05, 4.69) is 28.5 Å². The van der Waals surface area contributed by atoms with Gasteiger partial charge < -0.3 is 20.3 Å². The lowest BCUT2D eigenvalue weighted by atomic mass is 10.1. The second-order valence-corrected chi connectivity index (χ2v) is 7.55. The number of fused-ring (bicyclic) bond motifs is 1. The maximum Gasteiger partial charge on any atom is 0.224 e. The lowest BCUT2D eigenvalue weighted by Gasteiger charge is -2.28. The van der Waals surface area contributed by atoms with Crippen molar-refractivity contribution in [3.63, 3.8) is 0 Å². The number of anilines is 2. The van der Waals surface area contributed by atoms with Crippen LogP contribution in [0, 0.1) is 6.92 Å². The van der Waals surface area contributed by atoms with Gasteiger partial charge in [0.1, 0.15) is 5.82 Å². The number of rotatable bonds is 7. The van der Waals surface area contributed by atoms with E-state index < -0.39 is 0 Å². The third-order valence-electron chi connectivity index (χ3n) is 5.22. The fourth-order valence-electron chi connectivity index (χ4n) is 3.31. The van der Waals surface area contributed by atoms with Crippen molar-refractivity contribution in [2.24, 2.45) is 0 Å². The van der Waals surface area contributed by atoms with Crippen LogP contribution in [-0.2, 0) is 14.3 Å². The first kappa shape index (κ1) is 21.0. The van der Waals surface area contributed by atoms with Gasteiger partial charge in [0.25, 0.3) is 0 Å². The van der Waals surface area contributed by atoms with Crippen molar-refractivity contribution in [1.29, 1.82) is 0 Å². The molecule has 0 bridgehead atoms. The minimum Gasteiger partial charge on any atom is -0.378 e. The van der Waals surface area contributed by atoms with Crippen molar-refractivity contribution >= 4 is 34.2 Å². The predicted octanol–water partition coefficient (Wildman–Crippen LogP) is 3.01. The average molecular weight is 399 g/mol. The van der Waals surface area contributed by atoms with E-state index in [1.807, 2.05) is 32.0 Å². The van der Waals surface area contributed by atoms with Crippen molar-refractivity contribution in [3.8, 4) is 0 Å². The van der Waals surface area contributed by atoms with Crippen LogP contribution in [0.5, 0.6) is 0 Å². The highest BCUT2D eigenvalue weighted by Crippen LogP contribution is 2.26. The van der Waals surface area contributed by atoms with E-state index in [0.29, 0.717) is 5.69 Å².